The summed E-state index contributed by atoms with van der Waals surface area (Å²) in [5.74, 6) is -0.0888. The van der Waals surface area contributed by atoms with Crippen molar-refractivity contribution in [1.82, 2.24) is 4.98 Å². The van der Waals surface area contributed by atoms with Crippen LogP contribution in [-0.4, -0.2) is 28.5 Å². The molecule has 1 aliphatic heterocycles. The molecule has 1 aromatic heterocycles. The van der Waals surface area contributed by atoms with E-state index in [9.17, 15) is 14.9 Å². The largest absolute Gasteiger partial charge is 0.378 e. The van der Waals surface area contributed by atoms with Crippen LogP contribution < -0.4 is 5.32 Å². The minimum absolute atomic E-state index is 0.0172. The Labute approximate surface area is 149 Å². The maximum atomic E-state index is 12.1. The van der Waals surface area contributed by atoms with E-state index in [1.807, 2.05) is 0 Å². The lowest BCUT2D eigenvalue weighted by Crippen LogP contribution is -2.21. The molecule has 0 spiro atoms. The van der Waals surface area contributed by atoms with Gasteiger partial charge in [-0.1, -0.05) is 12.1 Å². The summed E-state index contributed by atoms with van der Waals surface area (Å²) >= 11 is 1.30. The van der Waals surface area contributed by atoms with E-state index in [1.54, 1.807) is 17.5 Å². The van der Waals surface area contributed by atoms with Gasteiger partial charge in [0.25, 0.3) is 5.69 Å². The number of nitrogens with zero attached hydrogens (tertiary/aromatic N) is 2. The van der Waals surface area contributed by atoms with Crippen molar-refractivity contribution in [3.63, 3.8) is 0 Å². The molecule has 1 N–H and O–H groups in total. The first-order valence-corrected chi connectivity index (χ1v) is 9.11. The number of aromatic nitrogens is 1. The Morgan fingerprint density at radius 2 is 2.32 bits per heavy atom. The number of nitro groups is 1. The van der Waals surface area contributed by atoms with Crippen molar-refractivity contribution < 1.29 is 14.5 Å². The monoisotopic (exact) mass is 361 g/mol. The van der Waals surface area contributed by atoms with E-state index in [0.29, 0.717) is 22.8 Å². The summed E-state index contributed by atoms with van der Waals surface area (Å²) in [4.78, 5) is 26.8. The lowest BCUT2D eigenvalue weighted by Gasteiger charge is -2.21. The first-order valence-electron chi connectivity index (χ1n) is 8.23. The number of carbonyl (C=O) groups is 1. The van der Waals surface area contributed by atoms with Gasteiger partial charge < -0.3 is 10.1 Å². The van der Waals surface area contributed by atoms with Gasteiger partial charge in [0.15, 0.2) is 5.13 Å². The molecule has 0 unspecified atom stereocenters. The molecule has 0 bridgehead atoms. The number of thiazole rings is 1. The summed E-state index contributed by atoms with van der Waals surface area (Å²) in [6.45, 7) is 0.783. The minimum atomic E-state index is -0.439. The fraction of sp³-hybridized carbons (Fsp3) is 0.412. The lowest BCUT2D eigenvalue weighted by atomic mass is 10.0. The van der Waals surface area contributed by atoms with Gasteiger partial charge in [-0.25, -0.2) is 4.98 Å². The maximum Gasteiger partial charge on any atom is 0.270 e. The summed E-state index contributed by atoms with van der Waals surface area (Å²) in [6.07, 6.45) is 4.57. The molecule has 8 heteroatoms. The Balaban J connectivity index is 1.56. The van der Waals surface area contributed by atoms with Gasteiger partial charge in [-0.3, -0.25) is 14.9 Å². The Hall–Kier alpha value is -2.32. The van der Waals surface area contributed by atoms with Crippen molar-refractivity contribution in [1.29, 1.82) is 0 Å². The van der Waals surface area contributed by atoms with Crippen molar-refractivity contribution in [3.8, 4) is 11.3 Å². The molecule has 25 heavy (non-hydrogen) atoms. The lowest BCUT2D eigenvalue weighted by molar-refractivity contribution is -0.384. The number of non-ortho nitro benzene ring substituents is 1. The molecule has 7 nitrogen and oxygen atoms in total. The fourth-order valence-electron chi connectivity index (χ4n) is 2.75. The Morgan fingerprint density at radius 1 is 1.44 bits per heavy atom. The number of ether oxygens (including phenoxy) is 1. The zero-order valence-electron chi connectivity index (χ0n) is 13.6. The summed E-state index contributed by atoms with van der Waals surface area (Å²) in [5.41, 5.74) is 1.28. The number of nitro benzene ring substituents is 1. The molecule has 1 aromatic carbocycles. The molecule has 3 rings (SSSR count). The highest BCUT2D eigenvalue weighted by Gasteiger charge is 2.16. The van der Waals surface area contributed by atoms with E-state index in [4.69, 9.17) is 4.74 Å². The summed E-state index contributed by atoms with van der Waals surface area (Å²) in [7, 11) is 0. The molecule has 1 aliphatic rings. The molecular weight excluding hydrogens is 342 g/mol. The fourth-order valence-corrected chi connectivity index (χ4v) is 3.49. The first-order chi connectivity index (χ1) is 12.1. The van der Waals surface area contributed by atoms with Gasteiger partial charge in [0.2, 0.25) is 5.91 Å². The molecule has 1 amide bonds. The molecule has 0 radical (unpaired) electrons. The number of carbonyl (C=O) groups excluding carboxylic acids is 1. The molecule has 0 saturated carbocycles. The Morgan fingerprint density at radius 3 is 3.08 bits per heavy atom. The van der Waals surface area contributed by atoms with Gasteiger partial charge in [-0.05, 0) is 25.7 Å². The number of amides is 1. The van der Waals surface area contributed by atoms with Crippen molar-refractivity contribution in [3.05, 3.63) is 39.8 Å². The maximum absolute atomic E-state index is 12.1. The number of hydrogen-bond donors (Lipinski definition) is 1. The first kappa shape index (κ1) is 17.5. The highest BCUT2D eigenvalue weighted by Crippen LogP contribution is 2.27. The molecule has 2 aromatic rings. The van der Waals surface area contributed by atoms with Crippen LogP contribution in [0.1, 0.15) is 32.1 Å². The van der Waals surface area contributed by atoms with Gasteiger partial charge >= 0.3 is 0 Å². The summed E-state index contributed by atoms with van der Waals surface area (Å²) in [6, 6.07) is 6.29. The normalized spacial score (nSPS) is 17.2. The molecule has 0 aliphatic carbocycles. The summed E-state index contributed by atoms with van der Waals surface area (Å²) in [5, 5.41) is 15.9. The van der Waals surface area contributed by atoms with Crippen LogP contribution >= 0.6 is 11.3 Å². The van der Waals surface area contributed by atoms with Gasteiger partial charge in [-0.15, -0.1) is 11.3 Å². The van der Waals surface area contributed by atoms with E-state index >= 15 is 0 Å². The second-order valence-electron chi connectivity index (χ2n) is 5.92. The predicted octanol–water partition coefficient (Wildman–Crippen LogP) is 4.01. The van der Waals surface area contributed by atoms with Crippen LogP contribution in [-0.2, 0) is 9.53 Å². The Kier molecular flexibility index (Phi) is 5.72. The second kappa shape index (κ2) is 8.17. The van der Waals surface area contributed by atoms with Crippen LogP contribution in [0.5, 0.6) is 0 Å². The minimum Gasteiger partial charge on any atom is -0.378 e. The second-order valence-corrected chi connectivity index (χ2v) is 6.78. The SMILES string of the molecule is O=C(CC[C@@H]1CCCCO1)Nc1nc(-c2cccc([N+](=O)[O-])c2)cs1. The van der Waals surface area contributed by atoms with Crippen molar-refractivity contribution in [2.24, 2.45) is 0 Å². The van der Waals surface area contributed by atoms with Gasteiger partial charge in [0, 0.05) is 36.1 Å². The third kappa shape index (κ3) is 4.83. The van der Waals surface area contributed by atoms with E-state index in [0.717, 1.165) is 32.3 Å². The number of rotatable bonds is 6. The van der Waals surface area contributed by atoms with E-state index in [2.05, 4.69) is 10.3 Å². The molecule has 1 atom stereocenters. The number of hydrogen-bond acceptors (Lipinski definition) is 6. The summed E-state index contributed by atoms with van der Waals surface area (Å²) < 4.78 is 5.62. The third-order valence-corrected chi connectivity index (χ3v) is 4.83. The smallest absolute Gasteiger partial charge is 0.270 e. The number of benzene rings is 1. The predicted molar refractivity (Wildman–Crippen MR) is 95.7 cm³/mol. The van der Waals surface area contributed by atoms with E-state index in [-0.39, 0.29) is 17.7 Å². The van der Waals surface area contributed by atoms with Crippen molar-refractivity contribution in [2.75, 3.05) is 11.9 Å². The highest BCUT2D eigenvalue weighted by atomic mass is 32.1. The molecule has 2 heterocycles. The average Bonchev–Trinajstić information content (AvgIpc) is 3.09. The van der Waals surface area contributed by atoms with Crippen LogP contribution in [0, 0.1) is 10.1 Å². The Bertz CT molecular complexity index is 756. The molecule has 1 fully saturated rings. The van der Waals surface area contributed by atoms with Crippen LogP contribution in [0.25, 0.3) is 11.3 Å². The van der Waals surface area contributed by atoms with Crippen molar-refractivity contribution >= 4 is 28.1 Å². The topological polar surface area (TPSA) is 94.4 Å². The van der Waals surface area contributed by atoms with Crippen LogP contribution in [0.3, 0.4) is 0 Å². The van der Waals surface area contributed by atoms with Crippen LogP contribution in [0.2, 0.25) is 0 Å². The van der Waals surface area contributed by atoms with Crippen molar-refractivity contribution in [2.45, 2.75) is 38.2 Å². The number of anilines is 1. The van der Waals surface area contributed by atoms with Gasteiger partial charge in [-0.2, -0.15) is 0 Å². The zero-order chi connectivity index (χ0) is 17.6. The zero-order valence-corrected chi connectivity index (χ0v) is 14.5. The molecular formula is C17H19N3O4S. The van der Waals surface area contributed by atoms with Gasteiger partial charge in [0.1, 0.15) is 0 Å². The average molecular weight is 361 g/mol. The molecule has 132 valence electrons. The third-order valence-electron chi connectivity index (χ3n) is 4.07. The quantitative estimate of drug-likeness (QED) is 0.620. The highest BCUT2D eigenvalue weighted by molar-refractivity contribution is 7.14. The van der Waals surface area contributed by atoms with Crippen LogP contribution in [0.4, 0.5) is 10.8 Å². The van der Waals surface area contributed by atoms with Gasteiger partial charge in [0.05, 0.1) is 16.7 Å². The standard InChI is InChI=1S/C17H19N3O4S/c21-16(8-7-14-6-1-2-9-24-14)19-17-18-15(11-25-17)12-4-3-5-13(10-12)20(22)23/h3-5,10-11,14H,1-2,6-9H2,(H,18,19,21)/t14-/m0/s1. The van der Waals surface area contributed by atoms with E-state index in [1.165, 1.54) is 23.5 Å². The molecule has 1 saturated heterocycles. The number of nitrogens with one attached hydrogen (secondary N) is 1. The van der Waals surface area contributed by atoms with E-state index < -0.39 is 4.92 Å². The van der Waals surface area contributed by atoms with Crippen LogP contribution in [0.15, 0.2) is 29.6 Å².